The van der Waals surface area contributed by atoms with Gasteiger partial charge >= 0.3 is 0 Å². The summed E-state index contributed by atoms with van der Waals surface area (Å²) in [6, 6.07) is 14.0. The molecule has 0 bridgehead atoms. The number of hydrogen-bond acceptors (Lipinski definition) is 2. The number of hydrogen-bond donors (Lipinski definition) is 2. The maximum atomic E-state index is 12.1. The molecule has 0 saturated carbocycles. The van der Waals surface area contributed by atoms with Crippen molar-refractivity contribution in [3.8, 4) is 0 Å². The third-order valence-corrected chi connectivity index (χ3v) is 3.42. The van der Waals surface area contributed by atoms with Crippen molar-refractivity contribution in [3.05, 3.63) is 64.7 Å². The molecule has 114 valence electrons. The molecule has 0 spiro atoms. The Morgan fingerprint density at radius 1 is 1.09 bits per heavy atom. The molecule has 0 aliphatic rings. The van der Waals surface area contributed by atoms with Crippen LogP contribution in [0.15, 0.2) is 48.5 Å². The van der Waals surface area contributed by atoms with Crippen molar-refractivity contribution in [2.75, 3.05) is 11.9 Å². The highest BCUT2D eigenvalue weighted by Gasteiger charge is 2.09. The Balaban J connectivity index is 2.04. The lowest BCUT2D eigenvalue weighted by Gasteiger charge is -2.08. The van der Waals surface area contributed by atoms with E-state index in [1.807, 2.05) is 25.1 Å². The normalized spacial score (nSPS) is 10.1. The van der Waals surface area contributed by atoms with Crippen molar-refractivity contribution >= 4 is 29.1 Å². The Morgan fingerprint density at radius 3 is 2.59 bits per heavy atom. The molecule has 22 heavy (non-hydrogen) atoms. The second-order valence-corrected chi connectivity index (χ2v) is 5.16. The number of anilines is 1. The van der Waals surface area contributed by atoms with E-state index in [0.717, 1.165) is 5.56 Å². The molecule has 5 heteroatoms. The molecule has 0 saturated heterocycles. The minimum atomic E-state index is -0.179. The van der Waals surface area contributed by atoms with Crippen LogP contribution in [0.5, 0.6) is 0 Å². The first-order valence-electron chi connectivity index (χ1n) is 7.01. The maximum Gasteiger partial charge on any atom is 0.251 e. The SMILES string of the molecule is CCNC(=O)c1cccc(NC(=O)Cc2ccccc2Cl)c1. The summed E-state index contributed by atoms with van der Waals surface area (Å²) in [6.45, 7) is 2.41. The Bertz CT molecular complexity index is 686. The van der Waals surface area contributed by atoms with Crippen molar-refractivity contribution in [2.45, 2.75) is 13.3 Å². The Hall–Kier alpha value is -2.33. The summed E-state index contributed by atoms with van der Waals surface area (Å²) in [7, 11) is 0. The first kappa shape index (κ1) is 16.0. The molecule has 0 atom stereocenters. The van der Waals surface area contributed by atoms with Crippen LogP contribution in [0.3, 0.4) is 0 Å². The number of carbonyl (C=O) groups excluding carboxylic acids is 2. The van der Waals surface area contributed by atoms with Crippen molar-refractivity contribution in [1.29, 1.82) is 0 Å². The Kier molecular flexibility index (Phi) is 5.55. The zero-order chi connectivity index (χ0) is 15.9. The van der Waals surface area contributed by atoms with Gasteiger partial charge in [0.15, 0.2) is 0 Å². The lowest BCUT2D eigenvalue weighted by atomic mass is 10.1. The van der Waals surface area contributed by atoms with Crippen LogP contribution in [0.4, 0.5) is 5.69 Å². The van der Waals surface area contributed by atoms with E-state index in [2.05, 4.69) is 10.6 Å². The van der Waals surface area contributed by atoms with Gasteiger partial charge in [0, 0.05) is 22.8 Å². The molecule has 0 aromatic heterocycles. The van der Waals surface area contributed by atoms with Crippen LogP contribution in [-0.4, -0.2) is 18.4 Å². The summed E-state index contributed by atoms with van der Waals surface area (Å²) in [4.78, 5) is 23.8. The quantitative estimate of drug-likeness (QED) is 0.889. The fourth-order valence-electron chi connectivity index (χ4n) is 2.02. The van der Waals surface area contributed by atoms with Crippen LogP contribution in [0, 0.1) is 0 Å². The molecule has 2 aromatic rings. The topological polar surface area (TPSA) is 58.2 Å². The lowest BCUT2D eigenvalue weighted by Crippen LogP contribution is -2.23. The molecule has 0 radical (unpaired) electrons. The second-order valence-electron chi connectivity index (χ2n) is 4.76. The average Bonchev–Trinajstić information content (AvgIpc) is 2.50. The standard InChI is InChI=1S/C17H17ClN2O2/c1-2-19-17(22)13-7-5-8-14(10-13)20-16(21)11-12-6-3-4-9-15(12)18/h3-10H,2,11H2,1H3,(H,19,22)(H,20,21). The largest absolute Gasteiger partial charge is 0.352 e. The van der Waals surface area contributed by atoms with Gasteiger partial charge in [0.25, 0.3) is 5.91 Å². The van der Waals surface area contributed by atoms with Gasteiger partial charge in [-0.3, -0.25) is 9.59 Å². The molecule has 0 aliphatic heterocycles. The zero-order valence-corrected chi connectivity index (χ0v) is 13.0. The van der Waals surface area contributed by atoms with Gasteiger partial charge in [-0.1, -0.05) is 35.9 Å². The molecular weight excluding hydrogens is 300 g/mol. The van der Waals surface area contributed by atoms with E-state index < -0.39 is 0 Å². The first-order chi connectivity index (χ1) is 10.6. The van der Waals surface area contributed by atoms with E-state index in [0.29, 0.717) is 22.8 Å². The van der Waals surface area contributed by atoms with Gasteiger partial charge in [-0.05, 0) is 36.8 Å². The number of rotatable bonds is 5. The predicted molar refractivity (Wildman–Crippen MR) is 88.2 cm³/mol. The fraction of sp³-hybridized carbons (Fsp3) is 0.176. The van der Waals surface area contributed by atoms with Crippen LogP contribution in [0.2, 0.25) is 5.02 Å². The van der Waals surface area contributed by atoms with Gasteiger partial charge in [0.2, 0.25) is 5.91 Å². The minimum Gasteiger partial charge on any atom is -0.352 e. The van der Waals surface area contributed by atoms with Crippen LogP contribution in [0.1, 0.15) is 22.8 Å². The highest BCUT2D eigenvalue weighted by Crippen LogP contribution is 2.17. The van der Waals surface area contributed by atoms with Crippen molar-refractivity contribution in [3.63, 3.8) is 0 Å². The van der Waals surface area contributed by atoms with Crippen LogP contribution in [0.25, 0.3) is 0 Å². The number of amides is 2. The molecule has 0 fully saturated rings. The monoisotopic (exact) mass is 316 g/mol. The molecule has 4 nitrogen and oxygen atoms in total. The third kappa shape index (κ3) is 4.33. The van der Waals surface area contributed by atoms with Gasteiger partial charge in [-0.2, -0.15) is 0 Å². The predicted octanol–water partition coefficient (Wildman–Crippen LogP) is 3.27. The van der Waals surface area contributed by atoms with E-state index >= 15 is 0 Å². The Labute approximate surface area is 134 Å². The second kappa shape index (κ2) is 7.61. The highest BCUT2D eigenvalue weighted by atomic mass is 35.5. The molecule has 2 rings (SSSR count). The number of benzene rings is 2. The molecule has 0 heterocycles. The molecule has 2 N–H and O–H groups in total. The van der Waals surface area contributed by atoms with E-state index in [1.54, 1.807) is 30.3 Å². The first-order valence-corrected chi connectivity index (χ1v) is 7.39. The summed E-state index contributed by atoms with van der Waals surface area (Å²) >= 11 is 6.04. The maximum absolute atomic E-state index is 12.1. The van der Waals surface area contributed by atoms with Gasteiger partial charge < -0.3 is 10.6 Å². The van der Waals surface area contributed by atoms with E-state index in [9.17, 15) is 9.59 Å². The van der Waals surface area contributed by atoms with Gasteiger partial charge in [0.05, 0.1) is 6.42 Å². The summed E-state index contributed by atoms with van der Waals surface area (Å²) in [5, 5.41) is 6.06. The van der Waals surface area contributed by atoms with Crippen LogP contribution in [-0.2, 0) is 11.2 Å². The minimum absolute atomic E-state index is 0.162. The average molecular weight is 317 g/mol. The van der Waals surface area contributed by atoms with Crippen LogP contribution < -0.4 is 10.6 Å². The molecule has 2 aromatic carbocycles. The van der Waals surface area contributed by atoms with E-state index in [-0.39, 0.29) is 18.2 Å². The fourth-order valence-corrected chi connectivity index (χ4v) is 2.22. The van der Waals surface area contributed by atoms with Crippen molar-refractivity contribution in [1.82, 2.24) is 5.32 Å². The van der Waals surface area contributed by atoms with Gasteiger partial charge in [-0.15, -0.1) is 0 Å². The van der Waals surface area contributed by atoms with Gasteiger partial charge in [0.1, 0.15) is 0 Å². The molecule has 2 amide bonds. The van der Waals surface area contributed by atoms with Crippen LogP contribution >= 0.6 is 11.6 Å². The molecular formula is C17H17ClN2O2. The van der Waals surface area contributed by atoms with Crippen molar-refractivity contribution < 1.29 is 9.59 Å². The number of carbonyl (C=O) groups is 2. The molecule has 0 aliphatic carbocycles. The molecule has 0 unspecified atom stereocenters. The summed E-state index contributed by atoms with van der Waals surface area (Å²) < 4.78 is 0. The van der Waals surface area contributed by atoms with Crippen molar-refractivity contribution in [2.24, 2.45) is 0 Å². The summed E-state index contributed by atoms with van der Waals surface area (Å²) in [5.74, 6) is -0.342. The Morgan fingerprint density at radius 2 is 1.86 bits per heavy atom. The smallest absolute Gasteiger partial charge is 0.251 e. The van der Waals surface area contributed by atoms with Gasteiger partial charge in [-0.25, -0.2) is 0 Å². The zero-order valence-electron chi connectivity index (χ0n) is 12.2. The van der Waals surface area contributed by atoms with E-state index in [4.69, 9.17) is 11.6 Å². The summed E-state index contributed by atoms with van der Waals surface area (Å²) in [5.41, 5.74) is 1.86. The van der Waals surface area contributed by atoms with E-state index in [1.165, 1.54) is 0 Å². The third-order valence-electron chi connectivity index (χ3n) is 3.05. The number of halogens is 1. The lowest BCUT2D eigenvalue weighted by molar-refractivity contribution is -0.115. The highest BCUT2D eigenvalue weighted by molar-refractivity contribution is 6.31. The summed E-state index contributed by atoms with van der Waals surface area (Å²) in [6.07, 6.45) is 0.186. The number of nitrogens with one attached hydrogen (secondary N) is 2.